The summed E-state index contributed by atoms with van der Waals surface area (Å²) in [6.45, 7) is 1.90. The monoisotopic (exact) mass is 402 g/mol. The topological polar surface area (TPSA) is 17.1 Å². The van der Waals surface area contributed by atoms with Gasteiger partial charge in [0.1, 0.15) is 11.6 Å². The number of rotatable bonds is 3. The van der Waals surface area contributed by atoms with E-state index in [2.05, 4.69) is 31.9 Å². The first-order valence-electron chi connectivity index (χ1n) is 5.82. The zero-order valence-corrected chi connectivity index (χ0v) is 13.7. The van der Waals surface area contributed by atoms with E-state index in [1.54, 1.807) is 18.2 Å². The zero-order chi connectivity index (χ0) is 14.9. The zero-order valence-electron chi connectivity index (χ0n) is 10.5. The molecule has 0 radical (unpaired) electrons. The molecule has 0 aliphatic rings. The molecule has 0 unspecified atom stereocenters. The van der Waals surface area contributed by atoms with E-state index in [-0.39, 0.29) is 22.2 Å². The van der Waals surface area contributed by atoms with Gasteiger partial charge in [-0.2, -0.15) is 0 Å². The number of hydrogen-bond acceptors (Lipinski definition) is 1. The highest BCUT2D eigenvalue weighted by molar-refractivity contribution is 9.10. The maximum absolute atomic E-state index is 13.9. The first-order chi connectivity index (χ1) is 9.40. The standard InChI is InChI=1S/C15H10Br2F2O/c1-8-2-3-9(12(17)6-8)14(20)7-10-13(18)5-4-11(16)15(10)19/h2-6H,7H2,1H3. The lowest BCUT2D eigenvalue weighted by Gasteiger charge is -2.08. The second-order valence-electron chi connectivity index (χ2n) is 4.40. The normalized spacial score (nSPS) is 10.7. The molecule has 5 heteroatoms. The summed E-state index contributed by atoms with van der Waals surface area (Å²) in [6.07, 6.45) is -0.321. The molecule has 0 aliphatic heterocycles. The van der Waals surface area contributed by atoms with Gasteiger partial charge in [-0.3, -0.25) is 4.79 Å². The molecule has 2 aromatic carbocycles. The highest BCUT2D eigenvalue weighted by Gasteiger charge is 2.18. The summed E-state index contributed by atoms with van der Waals surface area (Å²) in [5, 5.41) is 0. The number of ketones is 1. The van der Waals surface area contributed by atoms with Crippen LogP contribution in [-0.2, 0) is 6.42 Å². The minimum Gasteiger partial charge on any atom is -0.294 e. The van der Waals surface area contributed by atoms with Crippen molar-refractivity contribution in [1.29, 1.82) is 0 Å². The quantitative estimate of drug-likeness (QED) is 0.507. The van der Waals surface area contributed by atoms with Gasteiger partial charge in [0.25, 0.3) is 0 Å². The Morgan fingerprint density at radius 3 is 2.45 bits per heavy atom. The van der Waals surface area contributed by atoms with Gasteiger partial charge >= 0.3 is 0 Å². The van der Waals surface area contributed by atoms with Crippen LogP contribution in [0.15, 0.2) is 39.3 Å². The SMILES string of the molecule is Cc1ccc(C(=O)Cc2c(F)ccc(Br)c2F)c(Br)c1. The Kier molecular flexibility index (Phi) is 4.70. The lowest BCUT2D eigenvalue weighted by Crippen LogP contribution is -2.08. The summed E-state index contributed by atoms with van der Waals surface area (Å²) >= 11 is 6.28. The molecule has 104 valence electrons. The van der Waals surface area contributed by atoms with Gasteiger partial charge in [-0.15, -0.1) is 0 Å². The van der Waals surface area contributed by atoms with E-state index in [4.69, 9.17) is 0 Å². The molecule has 20 heavy (non-hydrogen) atoms. The van der Waals surface area contributed by atoms with Crippen molar-refractivity contribution in [3.8, 4) is 0 Å². The Bertz CT molecular complexity index is 684. The van der Waals surface area contributed by atoms with E-state index >= 15 is 0 Å². The molecule has 0 saturated carbocycles. The molecule has 0 fully saturated rings. The fourth-order valence-corrected chi connectivity index (χ4v) is 2.92. The van der Waals surface area contributed by atoms with Crippen LogP contribution < -0.4 is 0 Å². The predicted octanol–water partition coefficient (Wildman–Crippen LogP) is 5.22. The van der Waals surface area contributed by atoms with E-state index in [0.29, 0.717) is 10.0 Å². The molecule has 1 nitrogen and oxygen atoms in total. The van der Waals surface area contributed by atoms with Crippen molar-refractivity contribution in [3.05, 3.63) is 67.6 Å². The van der Waals surface area contributed by atoms with Gasteiger partial charge in [0.05, 0.1) is 4.47 Å². The van der Waals surface area contributed by atoms with Gasteiger partial charge in [0, 0.05) is 22.0 Å². The van der Waals surface area contributed by atoms with Crippen LogP contribution in [0.1, 0.15) is 21.5 Å². The minimum atomic E-state index is -0.735. The predicted molar refractivity (Wildman–Crippen MR) is 81.0 cm³/mol. The fraction of sp³-hybridized carbons (Fsp3) is 0.133. The lowest BCUT2D eigenvalue weighted by molar-refractivity contribution is 0.0990. The van der Waals surface area contributed by atoms with Gasteiger partial charge in [0.15, 0.2) is 5.78 Å². The molecule has 0 bridgehead atoms. The van der Waals surface area contributed by atoms with E-state index < -0.39 is 11.6 Å². The van der Waals surface area contributed by atoms with Crippen LogP contribution in [0.2, 0.25) is 0 Å². The number of benzene rings is 2. The van der Waals surface area contributed by atoms with Crippen LogP contribution in [0.25, 0.3) is 0 Å². The third-order valence-electron chi connectivity index (χ3n) is 2.90. The summed E-state index contributed by atoms with van der Waals surface area (Å²) in [6, 6.07) is 7.64. The van der Waals surface area contributed by atoms with E-state index in [1.165, 1.54) is 6.07 Å². The molecule has 2 rings (SSSR count). The van der Waals surface area contributed by atoms with Crippen LogP contribution in [0, 0.1) is 18.6 Å². The molecule has 0 aromatic heterocycles. The van der Waals surface area contributed by atoms with Gasteiger partial charge in [0.2, 0.25) is 0 Å². The first kappa shape index (κ1) is 15.3. The Morgan fingerprint density at radius 1 is 1.10 bits per heavy atom. The summed E-state index contributed by atoms with van der Waals surface area (Å²) in [7, 11) is 0. The van der Waals surface area contributed by atoms with Gasteiger partial charge in [-0.25, -0.2) is 8.78 Å². The molecular weight excluding hydrogens is 394 g/mol. The molecular formula is C15H10Br2F2O. The Labute approximate surface area is 132 Å². The smallest absolute Gasteiger partial charge is 0.168 e. The number of aryl methyl sites for hydroxylation is 1. The maximum atomic E-state index is 13.9. The van der Waals surface area contributed by atoms with Gasteiger partial charge < -0.3 is 0 Å². The van der Waals surface area contributed by atoms with Crippen LogP contribution in [-0.4, -0.2) is 5.78 Å². The van der Waals surface area contributed by atoms with Crippen molar-refractivity contribution in [2.45, 2.75) is 13.3 Å². The number of carbonyl (C=O) groups excluding carboxylic acids is 1. The van der Waals surface area contributed by atoms with Crippen molar-refractivity contribution < 1.29 is 13.6 Å². The maximum Gasteiger partial charge on any atom is 0.168 e. The molecule has 0 heterocycles. The molecule has 0 amide bonds. The molecule has 0 atom stereocenters. The highest BCUT2D eigenvalue weighted by atomic mass is 79.9. The minimum absolute atomic E-state index is 0.143. The van der Waals surface area contributed by atoms with Gasteiger partial charge in [-0.1, -0.05) is 22.0 Å². The summed E-state index contributed by atoms with van der Waals surface area (Å²) in [4.78, 5) is 12.2. The first-order valence-corrected chi connectivity index (χ1v) is 7.40. The average Bonchev–Trinajstić information content (AvgIpc) is 2.39. The molecule has 2 aromatic rings. The van der Waals surface area contributed by atoms with Crippen molar-refractivity contribution in [1.82, 2.24) is 0 Å². The van der Waals surface area contributed by atoms with Crippen LogP contribution in [0.5, 0.6) is 0 Å². The van der Waals surface area contributed by atoms with E-state index in [1.807, 2.05) is 6.92 Å². The molecule has 0 N–H and O–H groups in total. The highest BCUT2D eigenvalue weighted by Crippen LogP contribution is 2.25. The largest absolute Gasteiger partial charge is 0.294 e. The Morgan fingerprint density at radius 2 is 1.80 bits per heavy atom. The van der Waals surface area contributed by atoms with E-state index in [0.717, 1.165) is 11.6 Å². The average molecular weight is 404 g/mol. The third kappa shape index (κ3) is 3.15. The van der Waals surface area contributed by atoms with Crippen molar-refractivity contribution in [2.24, 2.45) is 0 Å². The second-order valence-corrected chi connectivity index (χ2v) is 6.11. The number of hydrogen-bond donors (Lipinski definition) is 0. The van der Waals surface area contributed by atoms with Crippen LogP contribution in [0.3, 0.4) is 0 Å². The number of Topliss-reactive ketones (excluding diaryl/α,β-unsaturated/α-hetero) is 1. The fourth-order valence-electron chi connectivity index (χ4n) is 1.83. The van der Waals surface area contributed by atoms with Crippen LogP contribution >= 0.6 is 31.9 Å². The summed E-state index contributed by atoms with van der Waals surface area (Å²) in [5.74, 6) is -1.79. The second kappa shape index (κ2) is 6.14. The van der Waals surface area contributed by atoms with Crippen LogP contribution in [0.4, 0.5) is 8.78 Å². The molecule has 0 aliphatic carbocycles. The van der Waals surface area contributed by atoms with E-state index in [9.17, 15) is 13.6 Å². The lowest BCUT2D eigenvalue weighted by atomic mass is 10.0. The number of carbonyl (C=O) groups is 1. The molecule has 0 spiro atoms. The third-order valence-corrected chi connectivity index (χ3v) is 4.17. The van der Waals surface area contributed by atoms with Gasteiger partial charge in [-0.05, 0) is 52.7 Å². The Hall–Kier alpha value is -1.07. The number of halogens is 4. The van der Waals surface area contributed by atoms with Crippen molar-refractivity contribution in [2.75, 3.05) is 0 Å². The molecule has 0 saturated heterocycles. The summed E-state index contributed by atoms with van der Waals surface area (Å²) < 4.78 is 28.3. The summed E-state index contributed by atoms with van der Waals surface area (Å²) in [5.41, 5.74) is 1.18. The van der Waals surface area contributed by atoms with Crippen molar-refractivity contribution in [3.63, 3.8) is 0 Å². The van der Waals surface area contributed by atoms with Crippen molar-refractivity contribution >= 4 is 37.6 Å². The Balaban J connectivity index is 2.35.